The fourth-order valence-corrected chi connectivity index (χ4v) is 1.71. The van der Waals surface area contributed by atoms with Crippen LogP contribution in [0.3, 0.4) is 0 Å². The Balaban J connectivity index is 3.31. The Hall–Kier alpha value is -3.43. The van der Waals surface area contributed by atoms with Crippen LogP contribution in [0.15, 0.2) is 30.0 Å². The molecule has 0 saturated heterocycles. The predicted molar refractivity (Wildman–Crippen MR) is 84.8 cm³/mol. The van der Waals surface area contributed by atoms with E-state index in [-0.39, 0.29) is 23.6 Å². The summed E-state index contributed by atoms with van der Waals surface area (Å²) < 4.78 is 13.7. The fourth-order valence-electron chi connectivity index (χ4n) is 1.71. The van der Waals surface area contributed by atoms with E-state index in [0.717, 1.165) is 32.4 Å². The minimum absolute atomic E-state index is 0.0119. The number of nitro groups is 1. The first kappa shape index (κ1) is 19.6. The van der Waals surface area contributed by atoms with Gasteiger partial charge in [-0.05, 0) is 13.0 Å². The molecule has 10 heteroatoms. The molecule has 0 saturated carbocycles. The largest absolute Gasteiger partial charge is 0.466 e. The third kappa shape index (κ3) is 5.61. The third-order valence-electron chi connectivity index (χ3n) is 2.79. The molecular formula is C15H16N2O8. The van der Waals surface area contributed by atoms with Gasteiger partial charge in [0.1, 0.15) is 5.70 Å². The second-order valence-corrected chi connectivity index (χ2v) is 4.44. The van der Waals surface area contributed by atoms with Crippen LogP contribution in [0.2, 0.25) is 0 Å². The summed E-state index contributed by atoms with van der Waals surface area (Å²) in [5.74, 6) is -2.52. The van der Waals surface area contributed by atoms with Gasteiger partial charge < -0.3 is 19.5 Å². The summed E-state index contributed by atoms with van der Waals surface area (Å²) in [6.45, 7) is 1.67. The Kier molecular flexibility index (Phi) is 7.07. The number of rotatable bonds is 7. The number of anilines is 1. The maximum atomic E-state index is 11.8. The lowest BCUT2D eigenvalue weighted by molar-refractivity contribution is -0.384. The van der Waals surface area contributed by atoms with Crippen molar-refractivity contribution >= 4 is 29.3 Å². The SMILES string of the molecule is CCOC(=O)c1cc(N/C(=C/C(=O)OC)C(=O)OC)cc([N+](=O)[O-])c1. The van der Waals surface area contributed by atoms with Gasteiger partial charge in [0.2, 0.25) is 0 Å². The second kappa shape index (κ2) is 9.01. The highest BCUT2D eigenvalue weighted by Gasteiger charge is 2.18. The lowest BCUT2D eigenvalue weighted by atomic mass is 10.1. The minimum atomic E-state index is -0.908. The lowest BCUT2D eigenvalue weighted by Gasteiger charge is -2.10. The molecule has 10 nitrogen and oxygen atoms in total. The van der Waals surface area contributed by atoms with Gasteiger partial charge in [-0.25, -0.2) is 14.4 Å². The molecule has 1 rings (SSSR count). The van der Waals surface area contributed by atoms with Crippen LogP contribution in [0.25, 0.3) is 0 Å². The molecule has 0 amide bonds. The zero-order chi connectivity index (χ0) is 19.0. The molecule has 1 N–H and O–H groups in total. The highest BCUT2D eigenvalue weighted by molar-refractivity contribution is 5.99. The van der Waals surface area contributed by atoms with E-state index >= 15 is 0 Å². The van der Waals surface area contributed by atoms with Crippen LogP contribution in [-0.2, 0) is 23.8 Å². The molecule has 0 atom stereocenters. The molecule has 0 radical (unpaired) electrons. The van der Waals surface area contributed by atoms with Gasteiger partial charge in [0.25, 0.3) is 5.69 Å². The summed E-state index contributed by atoms with van der Waals surface area (Å²) in [5.41, 5.74) is -0.821. The standard InChI is InChI=1S/C15H16N2O8/c1-4-25-14(19)9-5-10(7-11(6-9)17(21)22)16-12(15(20)24-3)8-13(18)23-2/h5-8,16H,4H2,1-3H3/b12-8+. The topological polar surface area (TPSA) is 134 Å². The van der Waals surface area contributed by atoms with Crippen LogP contribution >= 0.6 is 0 Å². The van der Waals surface area contributed by atoms with E-state index in [1.807, 2.05) is 0 Å². The van der Waals surface area contributed by atoms with E-state index in [1.54, 1.807) is 6.92 Å². The molecule has 0 fully saturated rings. The number of nitrogens with zero attached hydrogens (tertiary/aromatic N) is 1. The summed E-state index contributed by atoms with van der Waals surface area (Å²) >= 11 is 0. The van der Waals surface area contributed by atoms with E-state index in [1.165, 1.54) is 6.07 Å². The van der Waals surface area contributed by atoms with E-state index in [0.29, 0.717) is 0 Å². The van der Waals surface area contributed by atoms with Crippen molar-refractivity contribution in [3.8, 4) is 0 Å². The summed E-state index contributed by atoms with van der Waals surface area (Å²) in [4.78, 5) is 45.2. The summed E-state index contributed by atoms with van der Waals surface area (Å²) in [6.07, 6.45) is 0.814. The summed E-state index contributed by atoms with van der Waals surface area (Å²) in [5, 5.41) is 13.5. The highest BCUT2D eigenvalue weighted by Crippen LogP contribution is 2.23. The molecule has 0 spiro atoms. The van der Waals surface area contributed by atoms with Crippen LogP contribution in [0.4, 0.5) is 11.4 Å². The maximum Gasteiger partial charge on any atom is 0.354 e. The average molecular weight is 352 g/mol. The molecule has 0 heterocycles. The smallest absolute Gasteiger partial charge is 0.354 e. The van der Waals surface area contributed by atoms with Gasteiger partial charge in [0.15, 0.2) is 0 Å². The molecule has 134 valence electrons. The van der Waals surface area contributed by atoms with Crippen LogP contribution in [0.5, 0.6) is 0 Å². The first-order valence-corrected chi connectivity index (χ1v) is 6.94. The Labute approximate surface area is 142 Å². The maximum absolute atomic E-state index is 11.8. The number of non-ortho nitro benzene ring substituents is 1. The number of nitrogens with one attached hydrogen (secondary N) is 1. The van der Waals surface area contributed by atoms with Crippen molar-refractivity contribution in [2.45, 2.75) is 6.92 Å². The Bertz CT molecular complexity index is 726. The van der Waals surface area contributed by atoms with Gasteiger partial charge in [0.05, 0.1) is 37.4 Å². The van der Waals surface area contributed by atoms with Gasteiger partial charge in [-0.1, -0.05) is 0 Å². The number of esters is 3. The van der Waals surface area contributed by atoms with Crippen molar-refractivity contribution in [3.63, 3.8) is 0 Å². The minimum Gasteiger partial charge on any atom is -0.466 e. The van der Waals surface area contributed by atoms with Gasteiger partial charge >= 0.3 is 17.9 Å². The number of ether oxygens (including phenoxy) is 3. The number of hydrogen-bond acceptors (Lipinski definition) is 9. The van der Waals surface area contributed by atoms with Gasteiger partial charge in [-0.3, -0.25) is 10.1 Å². The second-order valence-electron chi connectivity index (χ2n) is 4.44. The molecule has 1 aromatic carbocycles. The number of methoxy groups -OCH3 is 2. The van der Waals surface area contributed by atoms with Gasteiger partial charge in [0, 0.05) is 17.8 Å². The highest BCUT2D eigenvalue weighted by atomic mass is 16.6. The average Bonchev–Trinajstić information content (AvgIpc) is 2.60. The van der Waals surface area contributed by atoms with Crippen molar-refractivity contribution < 1.29 is 33.5 Å². The van der Waals surface area contributed by atoms with Crippen molar-refractivity contribution in [3.05, 3.63) is 45.6 Å². The normalized spacial score (nSPS) is 10.6. The Morgan fingerprint density at radius 2 is 1.88 bits per heavy atom. The monoisotopic (exact) mass is 352 g/mol. The molecule has 0 aliphatic carbocycles. The molecule has 0 aromatic heterocycles. The van der Waals surface area contributed by atoms with Crippen molar-refractivity contribution in [2.24, 2.45) is 0 Å². The number of benzene rings is 1. The molecule has 25 heavy (non-hydrogen) atoms. The molecular weight excluding hydrogens is 336 g/mol. The van der Waals surface area contributed by atoms with Crippen LogP contribution in [0, 0.1) is 10.1 Å². The lowest BCUT2D eigenvalue weighted by Crippen LogP contribution is -2.16. The van der Waals surface area contributed by atoms with Crippen LogP contribution in [0.1, 0.15) is 17.3 Å². The molecule has 0 unspecified atom stereocenters. The number of hydrogen-bond donors (Lipinski definition) is 1. The zero-order valence-electron chi connectivity index (χ0n) is 13.7. The van der Waals surface area contributed by atoms with Gasteiger partial charge in [-0.15, -0.1) is 0 Å². The Morgan fingerprint density at radius 1 is 1.20 bits per heavy atom. The summed E-state index contributed by atoms with van der Waals surface area (Å²) in [6, 6.07) is 3.35. The first-order valence-electron chi connectivity index (χ1n) is 6.94. The van der Waals surface area contributed by atoms with Gasteiger partial charge in [-0.2, -0.15) is 0 Å². The molecule has 0 aliphatic rings. The molecule has 1 aromatic rings. The summed E-state index contributed by atoms with van der Waals surface area (Å²) in [7, 11) is 2.20. The van der Waals surface area contributed by atoms with E-state index in [4.69, 9.17) is 4.74 Å². The quantitative estimate of drug-likeness (QED) is 0.254. The molecule has 0 bridgehead atoms. The zero-order valence-corrected chi connectivity index (χ0v) is 13.7. The number of carbonyl (C=O) groups is 3. The van der Waals surface area contributed by atoms with Crippen LogP contribution in [-0.4, -0.2) is 43.7 Å². The first-order chi connectivity index (χ1) is 11.8. The Morgan fingerprint density at radius 3 is 2.40 bits per heavy atom. The fraction of sp³-hybridized carbons (Fsp3) is 0.267. The van der Waals surface area contributed by atoms with E-state index in [2.05, 4.69) is 14.8 Å². The van der Waals surface area contributed by atoms with Crippen molar-refractivity contribution in [2.75, 3.05) is 26.1 Å². The third-order valence-corrected chi connectivity index (χ3v) is 2.79. The number of carbonyl (C=O) groups excluding carboxylic acids is 3. The predicted octanol–water partition coefficient (Wildman–Crippen LogP) is 1.41. The van der Waals surface area contributed by atoms with Crippen molar-refractivity contribution in [1.82, 2.24) is 0 Å². The van der Waals surface area contributed by atoms with E-state index < -0.39 is 28.5 Å². The number of nitro benzene ring substituents is 1. The van der Waals surface area contributed by atoms with E-state index in [9.17, 15) is 24.5 Å². The molecule has 0 aliphatic heterocycles. The van der Waals surface area contributed by atoms with Crippen LogP contribution < -0.4 is 5.32 Å². The van der Waals surface area contributed by atoms with Crippen molar-refractivity contribution in [1.29, 1.82) is 0 Å².